The van der Waals surface area contributed by atoms with Gasteiger partial charge in [0, 0.05) is 16.1 Å². The van der Waals surface area contributed by atoms with Crippen molar-refractivity contribution >= 4 is 27.5 Å². The van der Waals surface area contributed by atoms with Gasteiger partial charge >= 0.3 is 0 Å². The summed E-state index contributed by atoms with van der Waals surface area (Å²) in [4.78, 5) is 0. The van der Waals surface area contributed by atoms with Gasteiger partial charge in [0.1, 0.15) is 0 Å². The summed E-state index contributed by atoms with van der Waals surface area (Å²) in [7, 11) is 0. The van der Waals surface area contributed by atoms with Crippen LogP contribution < -0.4 is 11.3 Å². The molecule has 0 amide bonds. The van der Waals surface area contributed by atoms with Crippen LogP contribution in [0, 0.1) is 5.92 Å². The number of hydrazine groups is 1. The monoisotopic (exact) mass is 358 g/mol. The number of nitrogens with one attached hydrogen (secondary N) is 1. The molecule has 2 aliphatic rings. The first-order valence-electron chi connectivity index (χ1n) is 7.19. The molecular formula is C15H20BrClN2O. The highest BCUT2D eigenvalue weighted by molar-refractivity contribution is 9.10. The molecule has 1 spiro atoms. The standard InChI is InChI=1S/C15H20BrClN2O/c16-13-3-2-11(17)8-12(13)14(19-18)10-4-7-20-15(9-10)5-1-6-15/h2-3,8,10,14,19H,1,4-7,9,18H2. The van der Waals surface area contributed by atoms with E-state index >= 15 is 0 Å². The lowest BCUT2D eigenvalue weighted by atomic mass is 9.70. The van der Waals surface area contributed by atoms with E-state index in [0.29, 0.717) is 5.92 Å². The van der Waals surface area contributed by atoms with Gasteiger partial charge in [0.05, 0.1) is 11.6 Å². The Balaban J connectivity index is 1.83. The third-order valence-corrected chi connectivity index (χ3v) is 5.70. The van der Waals surface area contributed by atoms with Gasteiger partial charge in [-0.1, -0.05) is 27.5 Å². The number of ether oxygens (including phenoxy) is 1. The molecule has 0 bridgehead atoms. The van der Waals surface area contributed by atoms with Crippen molar-refractivity contribution in [2.45, 2.75) is 43.7 Å². The van der Waals surface area contributed by atoms with Gasteiger partial charge in [-0.3, -0.25) is 11.3 Å². The van der Waals surface area contributed by atoms with Crippen molar-refractivity contribution in [3.05, 3.63) is 33.3 Å². The lowest BCUT2D eigenvalue weighted by Crippen LogP contribution is -2.48. The maximum atomic E-state index is 6.14. The van der Waals surface area contributed by atoms with E-state index in [2.05, 4.69) is 21.4 Å². The Labute approximate surface area is 133 Å². The van der Waals surface area contributed by atoms with Gasteiger partial charge < -0.3 is 4.74 Å². The van der Waals surface area contributed by atoms with E-state index in [1.54, 1.807) is 0 Å². The van der Waals surface area contributed by atoms with Gasteiger partial charge in [0.15, 0.2) is 0 Å². The highest BCUT2D eigenvalue weighted by atomic mass is 79.9. The Hall–Kier alpha value is -0.130. The molecular weight excluding hydrogens is 340 g/mol. The molecule has 1 aliphatic heterocycles. The highest BCUT2D eigenvalue weighted by Gasteiger charge is 2.44. The predicted octanol–water partition coefficient (Wildman–Crippen LogP) is 3.96. The van der Waals surface area contributed by atoms with E-state index in [9.17, 15) is 0 Å². The Kier molecular flexibility index (Phi) is 4.39. The summed E-state index contributed by atoms with van der Waals surface area (Å²) < 4.78 is 7.06. The van der Waals surface area contributed by atoms with Gasteiger partial charge in [-0.15, -0.1) is 0 Å². The van der Waals surface area contributed by atoms with Crippen molar-refractivity contribution in [1.82, 2.24) is 5.43 Å². The minimum Gasteiger partial charge on any atom is -0.375 e. The van der Waals surface area contributed by atoms with Gasteiger partial charge in [-0.25, -0.2) is 0 Å². The van der Waals surface area contributed by atoms with Crippen LogP contribution in [-0.2, 0) is 4.74 Å². The van der Waals surface area contributed by atoms with Crippen molar-refractivity contribution in [3.63, 3.8) is 0 Å². The first-order valence-corrected chi connectivity index (χ1v) is 8.36. The van der Waals surface area contributed by atoms with Crippen molar-refractivity contribution in [1.29, 1.82) is 0 Å². The molecule has 5 heteroatoms. The van der Waals surface area contributed by atoms with Crippen molar-refractivity contribution in [3.8, 4) is 0 Å². The zero-order chi connectivity index (χ0) is 14.2. The number of rotatable bonds is 3. The minimum absolute atomic E-state index is 0.115. The molecule has 1 aliphatic carbocycles. The van der Waals surface area contributed by atoms with E-state index in [-0.39, 0.29) is 11.6 Å². The number of nitrogens with two attached hydrogens (primary N) is 1. The molecule has 3 rings (SSSR count). The summed E-state index contributed by atoms with van der Waals surface area (Å²) in [6.07, 6.45) is 5.79. The average Bonchev–Trinajstić information content (AvgIpc) is 2.42. The van der Waals surface area contributed by atoms with E-state index in [1.165, 1.54) is 19.3 Å². The molecule has 2 atom stereocenters. The molecule has 1 aromatic carbocycles. The Morgan fingerprint density at radius 3 is 2.90 bits per heavy atom. The summed E-state index contributed by atoms with van der Waals surface area (Å²) in [5.74, 6) is 6.34. The molecule has 3 nitrogen and oxygen atoms in total. The molecule has 1 aromatic rings. The maximum absolute atomic E-state index is 6.14. The number of benzene rings is 1. The van der Waals surface area contributed by atoms with Crippen molar-refractivity contribution in [2.24, 2.45) is 11.8 Å². The average molecular weight is 360 g/mol. The van der Waals surface area contributed by atoms with Crippen LogP contribution in [0.15, 0.2) is 22.7 Å². The van der Waals surface area contributed by atoms with E-state index in [1.807, 2.05) is 18.2 Å². The van der Waals surface area contributed by atoms with Crippen molar-refractivity contribution < 1.29 is 4.74 Å². The predicted molar refractivity (Wildman–Crippen MR) is 84.5 cm³/mol. The normalized spacial score (nSPS) is 26.2. The van der Waals surface area contributed by atoms with Crippen LogP contribution in [0.1, 0.15) is 43.7 Å². The molecule has 1 saturated heterocycles. The SMILES string of the molecule is NNC(c1cc(Cl)ccc1Br)C1CCOC2(CCC2)C1. The maximum Gasteiger partial charge on any atom is 0.0686 e. The molecule has 2 fully saturated rings. The largest absolute Gasteiger partial charge is 0.375 e. The molecule has 1 heterocycles. The number of hydrogen-bond donors (Lipinski definition) is 2. The van der Waals surface area contributed by atoms with Crippen LogP contribution in [0.25, 0.3) is 0 Å². The fourth-order valence-corrected chi connectivity index (χ4v) is 4.18. The van der Waals surface area contributed by atoms with E-state index < -0.39 is 0 Å². The second-order valence-corrected chi connectivity index (χ2v) is 7.24. The van der Waals surface area contributed by atoms with Crippen LogP contribution in [0.5, 0.6) is 0 Å². The van der Waals surface area contributed by atoms with Crippen molar-refractivity contribution in [2.75, 3.05) is 6.61 Å². The molecule has 0 radical (unpaired) electrons. The van der Waals surface area contributed by atoms with Crippen LogP contribution in [0.3, 0.4) is 0 Å². The molecule has 20 heavy (non-hydrogen) atoms. The van der Waals surface area contributed by atoms with Crippen LogP contribution in [0.2, 0.25) is 5.02 Å². The highest BCUT2D eigenvalue weighted by Crippen LogP contribution is 2.47. The second kappa shape index (κ2) is 5.93. The number of hydrogen-bond acceptors (Lipinski definition) is 3. The first kappa shape index (κ1) is 14.8. The zero-order valence-corrected chi connectivity index (χ0v) is 13.7. The Morgan fingerprint density at radius 2 is 2.25 bits per heavy atom. The topological polar surface area (TPSA) is 47.3 Å². The smallest absolute Gasteiger partial charge is 0.0686 e. The van der Waals surface area contributed by atoms with E-state index in [4.69, 9.17) is 22.2 Å². The Bertz CT molecular complexity index is 493. The van der Waals surface area contributed by atoms with Crippen LogP contribution in [0.4, 0.5) is 0 Å². The molecule has 110 valence electrons. The first-order chi connectivity index (χ1) is 9.63. The fraction of sp³-hybridized carbons (Fsp3) is 0.600. The molecule has 1 saturated carbocycles. The van der Waals surface area contributed by atoms with Gasteiger partial charge in [0.2, 0.25) is 0 Å². The van der Waals surface area contributed by atoms with Crippen LogP contribution in [-0.4, -0.2) is 12.2 Å². The third kappa shape index (κ3) is 2.77. The third-order valence-electron chi connectivity index (χ3n) is 4.74. The minimum atomic E-state index is 0.115. The van der Waals surface area contributed by atoms with Gasteiger partial charge in [-0.2, -0.15) is 0 Å². The summed E-state index contributed by atoms with van der Waals surface area (Å²) in [6.45, 7) is 0.834. The molecule has 3 N–H and O–H groups in total. The Morgan fingerprint density at radius 1 is 1.45 bits per heavy atom. The quantitative estimate of drug-likeness (QED) is 0.634. The van der Waals surface area contributed by atoms with Crippen LogP contribution >= 0.6 is 27.5 Å². The summed E-state index contributed by atoms with van der Waals surface area (Å²) in [5.41, 5.74) is 4.27. The van der Waals surface area contributed by atoms with Gasteiger partial charge in [-0.05, 0) is 61.8 Å². The lowest BCUT2D eigenvalue weighted by molar-refractivity contribution is -0.147. The summed E-state index contributed by atoms with van der Waals surface area (Å²) in [5, 5.41) is 0.744. The second-order valence-electron chi connectivity index (χ2n) is 5.95. The van der Waals surface area contributed by atoms with E-state index in [0.717, 1.165) is 34.5 Å². The zero-order valence-electron chi connectivity index (χ0n) is 11.4. The number of halogens is 2. The molecule has 0 aromatic heterocycles. The summed E-state index contributed by atoms with van der Waals surface area (Å²) >= 11 is 9.75. The summed E-state index contributed by atoms with van der Waals surface area (Å²) in [6, 6.07) is 5.99. The molecule has 2 unspecified atom stereocenters. The fourth-order valence-electron chi connectivity index (χ4n) is 3.50. The van der Waals surface area contributed by atoms with Gasteiger partial charge in [0.25, 0.3) is 0 Å². The lowest BCUT2D eigenvalue weighted by Gasteiger charge is -2.48.